The molecule has 0 atom stereocenters. The maximum atomic E-state index is 12.5. The first-order chi connectivity index (χ1) is 10.8. The van der Waals surface area contributed by atoms with Gasteiger partial charge in [0.25, 0.3) is 5.91 Å². The first-order valence-corrected chi connectivity index (χ1v) is 7.32. The summed E-state index contributed by atoms with van der Waals surface area (Å²) in [7, 11) is 0. The molecule has 0 aliphatic carbocycles. The van der Waals surface area contributed by atoms with Gasteiger partial charge in [-0.15, -0.1) is 0 Å². The molecule has 0 saturated carbocycles. The highest BCUT2D eigenvalue weighted by Crippen LogP contribution is 2.29. The lowest BCUT2D eigenvalue weighted by molar-refractivity contribution is -0.137. The van der Waals surface area contributed by atoms with Crippen LogP contribution in [0.2, 0.25) is 0 Å². The van der Waals surface area contributed by atoms with E-state index in [2.05, 4.69) is 5.32 Å². The zero-order valence-corrected chi connectivity index (χ0v) is 12.7. The second kappa shape index (κ2) is 6.89. The zero-order chi connectivity index (χ0) is 17.0. The summed E-state index contributed by atoms with van der Waals surface area (Å²) < 4.78 is 37.6. The van der Waals surface area contributed by atoms with E-state index in [0.29, 0.717) is 32.7 Å². The number of rotatable bonds is 2. The number of hydrogen-bond donors (Lipinski definition) is 1. The molecule has 0 unspecified atom stereocenters. The van der Waals surface area contributed by atoms with Crippen LogP contribution >= 0.6 is 0 Å². The van der Waals surface area contributed by atoms with Crippen LogP contribution in [0.4, 0.5) is 18.0 Å². The lowest BCUT2D eigenvalue weighted by atomic mass is 10.1. The monoisotopic (exact) mass is 329 g/mol. The molecule has 0 aromatic heterocycles. The van der Waals surface area contributed by atoms with E-state index in [0.717, 1.165) is 12.1 Å². The Morgan fingerprint density at radius 1 is 1.04 bits per heavy atom. The van der Waals surface area contributed by atoms with Crippen molar-refractivity contribution in [1.29, 1.82) is 0 Å². The van der Waals surface area contributed by atoms with Crippen LogP contribution in [0, 0.1) is 0 Å². The lowest BCUT2D eigenvalue weighted by Crippen LogP contribution is -2.53. The highest BCUT2D eigenvalue weighted by molar-refractivity contribution is 5.94. The van der Waals surface area contributed by atoms with Crippen LogP contribution in [0.15, 0.2) is 24.3 Å². The molecule has 1 N–H and O–H groups in total. The summed E-state index contributed by atoms with van der Waals surface area (Å²) in [5.74, 6) is -0.325. The molecule has 0 radical (unpaired) electrons. The van der Waals surface area contributed by atoms with Crippen LogP contribution in [-0.4, -0.2) is 54.5 Å². The molecular formula is C15H18F3N3O2. The summed E-state index contributed by atoms with van der Waals surface area (Å²) in [6.45, 7) is 3.87. The number of nitrogens with zero attached hydrogens (tertiary/aromatic N) is 2. The molecule has 1 aliphatic rings. The maximum absolute atomic E-state index is 12.5. The van der Waals surface area contributed by atoms with Crippen LogP contribution in [0.3, 0.4) is 0 Å². The molecule has 1 saturated heterocycles. The van der Waals surface area contributed by atoms with Crippen molar-refractivity contribution in [2.75, 3.05) is 32.7 Å². The molecule has 23 heavy (non-hydrogen) atoms. The SMILES string of the molecule is CCNC(=O)N1CCN(C(=O)c2ccc(C(F)(F)F)cc2)CC1. The lowest BCUT2D eigenvalue weighted by Gasteiger charge is -2.34. The summed E-state index contributed by atoms with van der Waals surface area (Å²) in [5.41, 5.74) is -0.570. The standard InChI is InChI=1S/C15H18F3N3O2/c1-2-19-14(23)21-9-7-20(8-10-21)13(22)11-3-5-12(6-4-11)15(16,17)18/h3-6H,2,7-10H2,1H3,(H,19,23). The molecule has 1 aromatic rings. The largest absolute Gasteiger partial charge is 0.416 e. The molecule has 8 heteroatoms. The van der Waals surface area contributed by atoms with E-state index >= 15 is 0 Å². The fraction of sp³-hybridized carbons (Fsp3) is 0.467. The molecule has 1 aliphatic heterocycles. The number of halogens is 3. The van der Waals surface area contributed by atoms with E-state index in [1.165, 1.54) is 12.1 Å². The summed E-state index contributed by atoms with van der Waals surface area (Å²) in [5, 5.41) is 2.69. The highest BCUT2D eigenvalue weighted by atomic mass is 19.4. The minimum absolute atomic E-state index is 0.172. The number of alkyl halides is 3. The van der Waals surface area contributed by atoms with E-state index in [1.54, 1.807) is 9.80 Å². The fourth-order valence-electron chi connectivity index (χ4n) is 2.36. The Hall–Kier alpha value is -2.25. The molecule has 0 bridgehead atoms. The number of benzene rings is 1. The van der Waals surface area contributed by atoms with Gasteiger partial charge in [0.05, 0.1) is 5.56 Å². The predicted octanol–water partition coefficient (Wildman–Crippen LogP) is 2.19. The average molecular weight is 329 g/mol. The topological polar surface area (TPSA) is 52.7 Å². The van der Waals surface area contributed by atoms with E-state index < -0.39 is 11.7 Å². The van der Waals surface area contributed by atoms with E-state index in [-0.39, 0.29) is 17.5 Å². The van der Waals surface area contributed by atoms with E-state index in [9.17, 15) is 22.8 Å². The van der Waals surface area contributed by atoms with E-state index in [1.807, 2.05) is 6.92 Å². The summed E-state index contributed by atoms with van der Waals surface area (Å²) >= 11 is 0. The van der Waals surface area contributed by atoms with Crippen molar-refractivity contribution in [3.8, 4) is 0 Å². The van der Waals surface area contributed by atoms with Crippen LogP contribution in [-0.2, 0) is 6.18 Å². The Balaban J connectivity index is 1.96. The molecule has 5 nitrogen and oxygen atoms in total. The minimum Gasteiger partial charge on any atom is -0.338 e. The molecule has 1 heterocycles. The predicted molar refractivity (Wildman–Crippen MR) is 78.0 cm³/mol. The smallest absolute Gasteiger partial charge is 0.338 e. The summed E-state index contributed by atoms with van der Waals surface area (Å²) in [4.78, 5) is 27.1. The zero-order valence-electron chi connectivity index (χ0n) is 12.7. The molecule has 126 valence electrons. The minimum atomic E-state index is -4.42. The van der Waals surface area contributed by atoms with Gasteiger partial charge >= 0.3 is 12.2 Å². The molecule has 1 aromatic carbocycles. The molecule has 3 amide bonds. The van der Waals surface area contributed by atoms with Crippen molar-refractivity contribution >= 4 is 11.9 Å². The third-order valence-electron chi connectivity index (χ3n) is 3.64. The van der Waals surface area contributed by atoms with Crippen LogP contribution in [0.1, 0.15) is 22.8 Å². The van der Waals surface area contributed by atoms with Gasteiger partial charge in [-0.3, -0.25) is 4.79 Å². The molecule has 2 rings (SSSR count). The van der Waals surface area contributed by atoms with Crippen molar-refractivity contribution < 1.29 is 22.8 Å². The van der Waals surface area contributed by atoms with E-state index in [4.69, 9.17) is 0 Å². The summed E-state index contributed by atoms with van der Waals surface area (Å²) in [6.07, 6.45) is -4.42. The van der Waals surface area contributed by atoms with Gasteiger partial charge < -0.3 is 15.1 Å². The highest BCUT2D eigenvalue weighted by Gasteiger charge is 2.31. The van der Waals surface area contributed by atoms with Gasteiger partial charge in [-0.25, -0.2) is 4.79 Å². The number of carbonyl (C=O) groups is 2. The first-order valence-electron chi connectivity index (χ1n) is 7.32. The molecule has 0 spiro atoms. The maximum Gasteiger partial charge on any atom is 0.416 e. The number of carbonyl (C=O) groups excluding carboxylic acids is 2. The molecule has 1 fully saturated rings. The number of nitrogens with one attached hydrogen (secondary N) is 1. The van der Waals surface area contributed by atoms with Gasteiger partial charge in [0.15, 0.2) is 0 Å². The fourth-order valence-corrected chi connectivity index (χ4v) is 2.36. The quantitative estimate of drug-likeness (QED) is 0.904. The van der Waals surface area contributed by atoms with Crippen molar-refractivity contribution in [2.24, 2.45) is 0 Å². The summed E-state index contributed by atoms with van der Waals surface area (Å²) in [6, 6.07) is 3.99. The van der Waals surface area contributed by atoms with Crippen molar-refractivity contribution in [3.05, 3.63) is 35.4 Å². The third-order valence-corrected chi connectivity index (χ3v) is 3.64. The van der Waals surface area contributed by atoms with Gasteiger partial charge in [-0.1, -0.05) is 0 Å². The van der Waals surface area contributed by atoms with Crippen LogP contribution < -0.4 is 5.32 Å². The van der Waals surface area contributed by atoms with Gasteiger partial charge in [-0.05, 0) is 31.2 Å². The van der Waals surface area contributed by atoms with Gasteiger partial charge in [0.1, 0.15) is 0 Å². The van der Waals surface area contributed by atoms with Crippen LogP contribution in [0.5, 0.6) is 0 Å². The van der Waals surface area contributed by atoms with Gasteiger partial charge in [0, 0.05) is 38.3 Å². The average Bonchev–Trinajstić information content (AvgIpc) is 2.54. The Bertz CT molecular complexity index is 564. The normalized spacial score (nSPS) is 15.5. The Morgan fingerprint density at radius 3 is 2.04 bits per heavy atom. The van der Waals surface area contributed by atoms with Crippen molar-refractivity contribution in [2.45, 2.75) is 13.1 Å². The number of amides is 3. The first kappa shape index (κ1) is 17.1. The second-order valence-electron chi connectivity index (χ2n) is 5.19. The number of piperazine rings is 1. The number of hydrogen-bond acceptors (Lipinski definition) is 2. The Kier molecular flexibility index (Phi) is 5.12. The van der Waals surface area contributed by atoms with Crippen molar-refractivity contribution in [1.82, 2.24) is 15.1 Å². The third kappa shape index (κ3) is 4.14. The van der Waals surface area contributed by atoms with Gasteiger partial charge in [-0.2, -0.15) is 13.2 Å². The molecular weight excluding hydrogens is 311 g/mol. The second-order valence-corrected chi connectivity index (χ2v) is 5.19. The van der Waals surface area contributed by atoms with Crippen molar-refractivity contribution in [3.63, 3.8) is 0 Å². The Labute approximate surface area is 132 Å². The van der Waals surface area contributed by atoms with Gasteiger partial charge in [0.2, 0.25) is 0 Å². The number of urea groups is 1. The van der Waals surface area contributed by atoms with Crippen LogP contribution in [0.25, 0.3) is 0 Å². The Morgan fingerprint density at radius 2 is 1.57 bits per heavy atom.